The molecule has 2 rings (SSSR count). The smallest absolute Gasteiger partial charge is 0.255 e. The first-order valence-electron chi connectivity index (χ1n) is 6.93. The maximum absolute atomic E-state index is 13.2. The molecule has 2 N–H and O–H groups in total. The molecule has 2 aromatic carbocycles. The van der Waals surface area contributed by atoms with Gasteiger partial charge in [-0.3, -0.25) is 4.79 Å². The number of rotatable bonds is 4. The quantitative estimate of drug-likeness (QED) is 0.887. The average molecular weight is 286 g/mol. The third-order valence-corrected chi connectivity index (χ3v) is 3.27. The van der Waals surface area contributed by atoms with Crippen molar-refractivity contribution < 1.29 is 9.18 Å². The minimum absolute atomic E-state index is 0.193. The predicted octanol–water partition coefficient (Wildman–Crippen LogP) is 4.13. The largest absolute Gasteiger partial charge is 0.385 e. The fraction of sp³-hybridized carbons (Fsp3) is 0.235. The minimum atomic E-state index is -0.279. The highest BCUT2D eigenvalue weighted by atomic mass is 19.1. The maximum Gasteiger partial charge on any atom is 0.255 e. The number of nitrogens with one attached hydrogen (secondary N) is 2. The molecule has 0 aliphatic carbocycles. The Bertz CT molecular complexity index is 668. The molecule has 0 heterocycles. The van der Waals surface area contributed by atoms with E-state index in [-0.39, 0.29) is 11.7 Å². The monoisotopic (exact) mass is 286 g/mol. The summed E-state index contributed by atoms with van der Waals surface area (Å²) >= 11 is 0. The molecule has 0 aliphatic heterocycles. The fourth-order valence-corrected chi connectivity index (χ4v) is 2.15. The molecular weight excluding hydrogens is 267 g/mol. The SMILES string of the molecule is CCNc1ccc(C(=O)Nc2ccc(F)c(C)c2)c(C)c1. The van der Waals surface area contributed by atoms with E-state index in [0.717, 1.165) is 17.8 Å². The van der Waals surface area contributed by atoms with Crippen molar-refractivity contribution in [1.82, 2.24) is 0 Å². The van der Waals surface area contributed by atoms with Crippen LogP contribution in [0.15, 0.2) is 36.4 Å². The van der Waals surface area contributed by atoms with Gasteiger partial charge in [0.2, 0.25) is 0 Å². The number of anilines is 2. The summed E-state index contributed by atoms with van der Waals surface area (Å²) in [6.07, 6.45) is 0. The lowest BCUT2D eigenvalue weighted by Gasteiger charge is -2.11. The predicted molar refractivity (Wildman–Crippen MR) is 84.4 cm³/mol. The minimum Gasteiger partial charge on any atom is -0.385 e. The number of amides is 1. The first-order chi connectivity index (χ1) is 10.0. The number of benzene rings is 2. The van der Waals surface area contributed by atoms with Gasteiger partial charge >= 0.3 is 0 Å². The zero-order valence-corrected chi connectivity index (χ0v) is 12.5. The zero-order chi connectivity index (χ0) is 15.4. The molecule has 2 aromatic rings. The molecule has 0 saturated carbocycles. The number of halogens is 1. The number of hydrogen-bond acceptors (Lipinski definition) is 2. The van der Waals surface area contributed by atoms with Gasteiger partial charge in [0, 0.05) is 23.5 Å². The molecule has 1 amide bonds. The molecule has 0 bridgehead atoms. The van der Waals surface area contributed by atoms with Crippen molar-refractivity contribution in [1.29, 1.82) is 0 Å². The summed E-state index contributed by atoms with van der Waals surface area (Å²) in [5.41, 5.74) is 3.59. The molecule has 0 spiro atoms. The van der Waals surface area contributed by atoms with Gasteiger partial charge in [-0.05, 0) is 68.3 Å². The normalized spacial score (nSPS) is 10.3. The van der Waals surface area contributed by atoms with Crippen molar-refractivity contribution in [2.24, 2.45) is 0 Å². The lowest BCUT2D eigenvalue weighted by molar-refractivity contribution is 0.102. The Morgan fingerprint density at radius 2 is 1.71 bits per heavy atom. The summed E-state index contributed by atoms with van der Waals surface area (Å²) in [6.45, 7) is 6.42. The van der Waals surface area contributed by atoms with E-state index < -0.39 is 0 Å². The summed E-state index contributed by atoms with van der Waals surface area (Å²) in [5.74, 6) is -0.472. The Balaban J connectivity index is 2.18. The number of hydrogen-bond donors (Lipinski definition) is 2. The molecular formula is C17H19FN2O. The zero-order valence-electron chi connectivity index (χ0n) is 12.5. The van der Waals surface area contributed by atoms with E-state index in [9.17, 15) is 9.18 Å². The van der Waals surface area contributed by atoms with E-state index in [1.807, 2.05) is 26.0 Å². The number of carbonyl (C=O) groups is 1. The van der Waals surface area contributed by atoms with E-state index in [2.05, 4.69) is 10.6 Å². The molecule has 0 fully saturated rings. The van der Waals surface area contributed by atoms with Crippen LogP contribution in [0.2, 0.25) is 0 Å². The van der Waals surface area contributed by atoms with Crippen LogP contribution in [-0.4, -0.2) is 12.5 Å². The van der Waals surface area contributed by atoms with Gasteiger partial charge in [0.1, 0.15) is 5.82 Å². The Morgan fingerprint density at radius 1 is 1.05 bits per heavy atom. The molecule has 21 heavy (non-hydrogen) atoms. The Labute approximate surface area is 124 Å². The van der Waals surface area contributed by atoms with Crippen LogP contribution in [0.25, 0.3) is 0 Å². The van der Waals surface area contributed by atoms with Crippen molar-refractivity contribution >= 4 is 17.3 Å². The molecule has 0 radical (unpaired) electrons. The molecule has 0 aromatic heterocycles. The highest BCUT2D eigenvalue weighted by molar-refractivity contribution is 6.05. The van der Waals surface area contributed by atoms with Crippen molar-refractivity contribution in [2.45, 2.75) is 20.8 Å². The van der Waals surface area contributed by atoms with Crippen molar-refractivity contribution in [3.8, 4) is 0 Å². The Kier molecular flexibility index (Phi) is 4.58. The molecule has 0 saturated heterocycles. The van der Waals surface area contributed by atoms with Gasteiger partial charge in [-0.25, -0.2) is 4.39 Å². The first-order valence-corrected chi connectivity index (χ1v) is 6.93. The van der Waals surface area contributed by atoms with Gasteiger partial charge in [0.25, 0.3) is 5.91 Å². The fourth-order valence-electron chi connectivity index (χ4n) is 2.15. The van der Waals surface area contributed by atoms with E-state index in [0.29, 0.717) is 16.8 Å². The topological polar surface area (TPSA) is 41.1 Å². The van der Waals surface area contributed by atoms with Crippen LogP contribution < -0.4 is 10.6 Å². The molecule has 0 aliphatic rings. The van der Waals surface area contributed by atoms with Gasteiger partial charge in [-0.15, -0.1) is 0 Å². The van der Waals surface area contributed by atoms with Crippen LogP contribution in [0.1, 0.15) is 28.4 Å². The summed E-state index contributed by atoms with van der Waals surface area (Å²) in [7, 11) is 0. The van der Waals surface area contributed by atoms with E-state index in [4.69, 9.17) is 0 Å². The number of carbonyl (C=O) groups excluding carboxylic acids is 1. The molecule has 110 valence electrons. The van der Waals surface area contributed by atoms with Gasteiger partial charge < -0.3 is 10.6 Å². The van der Waals surface area contributed by atoms with Gasteiger partial charge in [0.05, 0.1) is 0 Å². The molecule has 3 nitrogen and oxygen atoms in total. The third-order valence-electron chi connectivity index (χ3n) is 3.27. The van der Waals surface area contributed by atoms with Gasteiger partial charge in [-0.2, -0.15) is 0 Å². The van der Waals surface area contributed by atoms with Crippen LogP contribution >= 0.6 is 0 Å². The van der Waals surface area contributed by atoms with Gasteiger partial charge in [-0.1, -0.05) is 0 Å². The van der Waals surface area contributed by atoms with Crippen LogP contribution in [0.3, 0.4) is 0 Å². The standard InChI is InChI=1S/C17H19FN2O/c1-4-19-13-5-7-15(11(2)9-13)17(21)20-14-6-8-16(18)12(3)10-14/h5-10,19H,4H2,1-3H3,(H,20,21). The molecule has 0 unspecified atom stereocenters. The second-order valence-corrected chi connectivity index (χ2v) is 4.98. The van der Waals surface area contributed by atoms with E-state index in [1.54, 1.807) is 25.1 Å². The lowest BCUT2D eigenvalue weighted by Crippen LogP contribution is -2.13. The number of aryl methyl sites for hydroxylation is 2. The summed E-state index contributed by atoms with van der Waals surface area (Å²) in [6, 6.07) is 10.1. The maximum atomic E-state index is 13.2. The highest BCUT2D eigenvalue weighted by Gasteiger charge is 2.10. The molecule has 0 atom stereocenters. The summed E-state index contributed by atoms with van der Waals surface area (Å²) in [4.78, 5) is 12.3. The van der Waals surface area contributed by atoms with Crippen LogP contribution in [0.5, 0.6) is 0 Å². The Hall–Kier alpha value is -2.36. The van der Waals surface area contributed by atoms with E-state index in [1.165, 1.54) is 6.07 Å². The highest BCUT2D eigenvalue weighted by Crippen LogP contribution is 2.18. The second-order valence-electron chi connectivity index (χ2n) is 4.98. The van der Waals surface area contributed by atoms with Crippen molar-refractivity contribution in [3.63, 3.8) is 0 Å². The van der Waals surface area contributed by atoms with Crippen LogP contribution in [0, 0.1) is 19.7 Å². The summed E-state index contributed by atoms with van der Waals surface area (Å²) in [5, 5.41) is 6.00. The van der Waals surface area contributed by atoms with Crippen LogP contribution in [-0.2, 0) is 0 Å². The van der Waals surface area contributed by atoms with Crippen molar-refractivity contribution in [2.75, 3.05) is 17.2 Å². The van der Waals surface area contributed by atoms with Crippen LogP contribution in [0.4, 0.5) is 15.8 Å². The first kappa shape index (κ1) is 15.0. The van der Waals surface area contributed by atoms with E-state index >= 15 is 0 Å². The molecule has 4 heteroatoms. The lowest BCUT2D eigenvalue weighted by atomic mass is 10.1. The summed E-state index contributed by atoms with van der Waals surface area (Å²) < 4.78 is 13.2. The van der Waals surface area contributed by atoms with Gasteiger partial charge in [0.15, 0.2) is 0 Å². The second kappa shape index (κ2) is 6.39. The Morgan fingerprint density at radius 3 is 2.33 bits per heavy atom. The third kappa shape index (κ3) is 3.60. The average Bonchev–Trinajstić information content (AvgIpc) is 2.43. The van der Waals surface area contributed by atoms with Crippen molar-refractivity contribution in [3.05, 3.63) is 58.9 Å².